The molecule has 0 radical (unpaired) electrons. The van der Waals surface area contributed by atoms with Gasteiger partial charge in [-0.1, -0.05) is 0 Å². The van der Waals surface area contributed by atoms with Crippen molar-refractivity contribution in [2.45, 2.75) is 13.0 Å². The summed E-state index contributed by atoms with van der Waals surface area (Å²) >= 11 is 0. The summed E-state index contributed by atoms with van der Waals surface area (Å²) in [6, 6.07) is 0.792. The van der Waals surface area contributed by atoms with E-state index < -0.39 is 22.6 Å². The van der Waals surface area contributed by atoms with Crippen LogP contribution in [0.2, 0.25) is 0 Å². The first-order valence-electron chi connectivity index (χ1n) is 3.67. The van der Waals surface area contributed by atoms with E-state index in [-0.39, 0.29) is 12.2 Å². The Labute approximate surface area is 77.7 Å². The summed E-state index contributed by atoms with van der Waals surface area (Å²) in [4.78, 5) is 13.1. The van der Waals surface area contributed by atoms with Gasteiger partial charge in [0.2, 0.25) is 0 Å². The highest BCUT2D eigenvalue weighted by molar-refractivity contribution is 5.38. The lowest BCUT2D eigenvalue weighted by Crippen LogP contribution is -2.05. The molecule has 1 rings (SSSR count). The topological polar surface area (TPSA) is 82.0 Å². The van der Waals surface area contributed by atoms with Gasteiger partial charge in [-0.25, -0.2) is 8.78 Å². The number of hydrogen-bond acceptors (Lipinski definition) is 4. The molecule has 14 heavy (non-hydrogen) atoms. The van der Waals surface area contributed by atoms with E-state index in [4.69, 9.17) is 5.73 Å². The number of hydrogen-bond donors (Lipinski definition) is 1. The maximum absolute atomic E-state index is 12.2. The molecule has 5 nitrogen and oxygen atoms in total. The van der Waals surface area contributed by atoms with Crippen molar-refractivity contribution in [3.05, 3.63) is 33.6 Å². The molecular formula is C7H7F2N3O2. The number of nitrogens with two attached hydrogens (primary N) is 1. The number of halogens is 2. The Hall–Kier alpha value is -1.63. The van der Waals surface area contributed by atoms with Crippen molar-refractivity contribution < 1.29 is 13.7 Å². The van der Waals surface area contributed by atoms with Gasteiger partial charge in [0.25, 0.3) is 12.1 Å². The monoisotopic (exact) mass is 203 g/mol. The zero-order valence-electron chi connectivity index (χ0n) is 6.98. The zero-order valence-corrected chi connectivity index (χ0v) is 6.98. The Morgan fingerprint density at radius 1 is 1.64 bits per heavy atom. The van der Waals surface area contributed by atoms with E-state index in [0.29, 0.717) is 0 Å². The van der Waals surface area contributed by atoms with Crippen LogP contribution in [0.3, 0.4) is 0 Å². The van der Waals surface area contributed by atoms with Crippen LogP contribution in [-0.2, 0) is 6.54 Å². The minimum absolute atomic E-state index is 0.000556. The third kappa shape index (κ3) is 1.99. The molecule has 2 N–H and O–H groups in total. The fraction of sp³-hybridized carbons (Fsp3) is 0.286. The van der Waals surface area contributed by atoms with Crippen LogP contribution in [0.15, 0.2) is 12.3 Å². The highest BCUT2D eigenvalue weighted by atomic mass is 19.3. The summed E-state index contributed by atoms with van der Waals surface area (Å²) in [7, 11) is 0. The van der Waals surface area contributed by atoms with Crippen molar-refractivity contribution >= 4 is 5.69 Å². The number of pyridine rings is 1. The van der Waals surface area contributed by atoms with Gasteiger partial charge in [0, 0.05) is 24.4 Å². The van der Waals surface area contributed by atoms with E-state index in [1.165, 1.54) is 0 Å². The normalized spacial score (nSPS) is 10.6. The van der Waals surface area contributed by atoms with Crippen LogP contribution < -0.4 is 5.73 Å². The second-order valence-corrected chi connectivity index (χ2v) is 2.50. The van der Waals surface area contributed by atoms with Crippen molar-refractivity contribution in [2.24, 2.45) is 5.73 Å². The quantitative estimate of drug-likeness (QED) is 0.594. The molecule has 0 aromatic carbocycles. The number of nitro groups is 1. The van der Waals surface area contributed by atoms with Crippen LogP contribution >= 0.6 is 0 Å². The molecule has 0 spiro atoms. The van der Waals surface area contributed by atoms with Crippen LogP contribution in [0.4, 0.5) is 14.5 Å². The van der Waals surface area contributed by atoms with Crippen molar-refractivity contribution in [3.8, 4) is 0 Å². The summed E-state index contributed by atoms with van der Waals surface area (Å²) in [6.45, 7) is -0.153. The third-order valence-corrected chi connectivity index (χ3v) is 1.61. The Bertz CT molecular complexity index is 357. The van der Waals surface area contributed by atoms with Gasteiger partial charge in [-0.3, -0.25) is 15.1 Å². The molecule has 1 aromatic heterocycles. The number of nitrogens with zero attached hydrogens (tertiary/aromatic N) is 2. The van der Waals surface area contributed by atoms with Crippen LogP contribution in [0.5, 0.6) is 0 Å². The molecule has 1 aromatic rings. The van der Waals surface area contributed by atoms with Crippen LogP contribution in [0, 0.1) is 10.1 Å². The second-order valence-electron chi connectivity index (χ2n) is 2.50. The Kier molecular flexibility index (Phi) is 3.03. The molecule has 1 heterocycles. The van der Waals surface area contributed by atoms with E-state index in [1.54, 1.807) is 0 Å². The lowest BCUT2D eigenvalue weighted by Gasteiger charge is -2.01. The van der Waals surface area contributed by atoms with E-state index in [9.17, 15) is 18.9 Å². The van der Waals surface area contributed by atoms with Gasteiger partial charge in [-0.2, -0.15) is 0 Å². The summed E-state index contributed by atoms with van der Waals surface area (Å²) in [6.07, 6.45) is -1.88. The second kappa shape index (κ2) is 4.05. The first-order chi connectivity index (χ1) is 6.56. The molecule has 0 aliphatic heterocycles. The lowest BCUT2D eigenvalue weighted by atomic mass is 10.2. The third-order valence-electron chi connectivity index (χ3n) is 1.61. The van der Waals surface area contributed by atoms with E-state index in [0.717, 1.165) is 12.3 Å². The number of rotatable bonds is 3. The molecule has 76 valence electrons. The maximum Gasteiger partial charge on any atom is 0.292 e. The fourth-order valence-corrected chi connectivity index (χ4v) is 0.932. The zero-order chi connectivity index (χ0) is 10.7. The van der Waals surface area contributed by atoms with Gasteiger partial charge in [0.1, 0.15) is 5.69 Å². The van der Waals surface area contributed by atoms with Crippen molar-refractivity contribution in [3.63, 3.8) is 0 Å². The Morgan fingerprint density at radius 2 is 2.29 bits per heavy atom. The van der Waals surface area contributed by atoms with Gasteiger partial charge in [0.15, 0.2) is 0 Å². The molecule has 0 bridgehead atoms. The minimum Gasteiger partial charge on any atom is -0.325 e. The summed E-state index contributed by atoms with van der Waals surface area (Å²) in [5.74, 6) is 0. The maximum atomic E-state index is 12.2. The van der Waals surface area contributed by atoms with Gasteiger partial charge < -0.3 is 5.73 Å². The molecule has 0 aliphatic rings. The molecule has 0 amide bonds. The van der Waals surface area contributed by atoms with Gasteiger partial charge in [0.05, 0.1) is 4.92 Å². The number of aromatic nitrogens is 1. The lowest BCUT2D eigenvalue weighted by molar-refractivity contribution is -0.386. The van der Waals surface area contributed by atoms with Gasteiger partial charge in [-0.05, 0) is 0 Å². The summed E-state index contributed by atoms with van der Waals surface area (Å²) in [5, 5.41) is 10.4. The van der Waals surface area contributed by atoms with Crippen LogP contribution in [0.25, 0.3) is 0 Å². The highest BCUT2D eigenvalue weighted by Gasteiger charge is 2.18. The van der Waals surface area contributed by atoms with Gasteiger partial charge >= 0.3 is 0 Å². The smallest absolute Gasteiger partial charge is 0.292 e. The standard InChI is InChI=1S/C7H7F2N3O2/c8-7(9)4-1-6(12(13)14)5(2-10)11-3-4/h1,3,7H,2,10H2. The fourth-order valence-electron chi connectivity index (χ4n) is 0.932. The molecule has 0 unspecified atom stereocenters. The van der Waals surface area contributed by atoms with Crippen LogP contribution in [0.1, 0.15) is 17.7 Å². The van der Waals surface area contributed by atoms with E-state index in [2.05, 4.69) is 4.98 Å². The average Bonchev–Trinajstić information content (AvgIpc) is 2.16. The summed E-state index contributed by atoms with van der Waals surface area (Å²) < 4.78 is 24.3. The average molecular weight is 203 g/mol. The van der Waals surface area contributed by atoms with Crippen LogP contribution in [-0.4, -0.2) is 9.91 Å². The largest absolute Gasteiger partial charge is 0.325 e. The highest BCUT2D eigenvalue weighted by Crippen LogP contribution is 2.24. The molecule has 0 atom stereocenters. The first kappa shape index (κ1) is 10.5. The molecule has 0 aliphatic carbocycles. The first-order valence-corrected chi connectivity index (χ1v) is 3.67. The van der Waals surface area contributed by atoms with E-state index >= 15 is 0 Å². The molecule has 7 heteroatoms. The molecule has 0 saturated heterocycles. The summed E-state index contributed by atoms with van der Waals surface area (Å²) in [5.41, 5.74) is 4.21. The predicted octanol–water partition coefficient (Wildman–Crippen LogP) is 1.39. The SMILES string of the molecule is NCc1ncc(C(F)F)cc1[N+](=O)[O-]. The number of alkyl halides is 2. The van der Waals surface area contributed by atoms with Crippen molar-refractivity contribution in [1.82, 2.24) is 4.98 Å². The Morgan fingerprint density at radius 3 is 2.71 bits per heavy atom. The van der Waals surface area contributed by atoms with Gasteiger partial charge in [-0.15, -0.1) is 0 Å². The minimum atomic E-state index is -2.77. The van der Waals surface area contributed by atoms with E-state index in [1.807, 2.05) is 0 Å². The van der Waals surface area contributed by atoms with Crippen molar-refractivity contribution in [1.29, 1.82) is 0 Å². The molecular weight excluding hydrogens is 196 g/mol. The molecule has 0 fully saturated rings. The van der Waals surface area contributed by atoms with Crippen molar-refractivity contribution in [2.75, 3.05) is 0 Å². The Balaban J connectivity index is 3.21. The predicted molar refractivity (Wildman–Crippen MR) is 43.7 cm³/mol. The molecule has 0 saturated carbocycles.